The maximum absolute atomic E-state index is 6.49. The third-order valence-corrected chi connectivity index (χ3v) is 7.52. The Hall–Kier alpha value is -5.02. The number of allylic oxidation sites excluding steroid dienone is 2. The Morgan fingerprint density at radius 3 is 2.10 bits per heavy atom. The highest BCUT2D eigenvalue weighted by molar-refractivity contribution is 5.82. The molecule has 1 aliphatic carbocycles. The molecule has 1 aliphatic heterocycles. The molecule has 39 heavy (non-hydrogen) atoms. The van der Waals surface area contributed by atoms with Crippen molar-refractivity contribution in [2.45, 2.75) is 13.3 Å². The summed E-state index contributed by atoms with van der Waals surface area (Å²) in [5.41, 5.74) is 10.4. The summed E-state index contributed by atoms with van der Waals surface area (Å²) < 4.78 is 12.9. The van der Waals surface area contributed by atoms with Crippen molar-refractivity contribution in [3.63, 3.8) is 0 Å². The fraction of sp³-hybridized carbons (Fsp3) is 0.0556. The number of ether oxygens (including phenoxy) is 2. The van der Waals surface area contributed by atoms with E-state index < -0.39 is 0 Å². The van der Waals surface area contributed by atoms with Crippen LogP contribution in [0.4, 0.5) is 11.4 Å². The third-order valence-electron chi connectivity index (χ3n) is 7.52. The lowest BCUT2D eigenvalue weighted by atomic mass is 10.0. The van der Waals surface area contributed by atoms with Crippen LogP contribution in [0.15, 0.2) is 134 Å². The van der Waals surface area contributed by atoms with E-state index in [9.17, 15) is 0 Å². The molecule has 0 aromatic heterocycles. The molecule has 0 saturated carbocycles. The molecule has 0 saturated heterocycles. The number of benzene rings is 5. The predicted octanol–water partition coefficient (Wildman–Crippen LogP) is 9.91. The number of hydrogen-bond donors (Lipinski definition) is 0. The first-order chi connectivity index (χ1) is 19.2. The molecule has 0 amide bonds. The Bertz CT molecular complexity index is 1750. The topological polar surface area (TPSA) is 21.7 Å². The largest absolute Gasteiger partial charge is 0.449 e. The van der Waals surface area contributed by atoms with Crippen molar-refractivity contribution >= 4 is 16.9 Å². The molecule has 0 bridgehead atoms. The number of nitrogens with zero attached hydrogens (tertiary/aromatic N) is 1. The van der Waals surface area contributed by atoms with E-state index in [4.69, 9.17) is 9.47 Å². The average Bonchev–Trinajstić information content (AvgIpc) is 3.35. The van der Waals surface area contributed by atoms with Crippen LogP contribution in [0.3, 0.4) is 0 Å². The van der Waals surface area contributed by atoms with Gasteiger partial charge in [-0.3, -0.25) is 0 Å². The molecule has 0 N–H and O–H groups in total. The van der Waals surface area contributed by atoms with Gasteiger partial charge in [0.05, 0.1) is 5.69 Å². The Labute approximate surface area is 228 Å². The van der Waals surface area contributed by atoms with Gasteiger partial charge in [-0.05, 0) is 89.2 Å². The average molecular weight is 506 g/mol. The molecule has 5 aromatic rings. The molecular weight excluding hydrogens is 478 g/mol. The van der Waals surface area contributed by atoms with E-state index in [0.29, 0.717) is 11.5 Å². The first-order valence-corrected chi connectivity index (χ1v) is 13.2. The Morgan fingerprint density at radius 2 is 1.31 bits per heavy atom. The lowest BCUT2D eigenvalue weighted by Crippen LogP contribution is -2.16. The van der Waals surface area contributed by atoms with Crippen molar-refractivity contribution in [3.8, 4) is 34.1 Å². The summed E-state index contributed by atoms with van der Waals surface area (Å²) in [6.07, 6.45) is 2.82. The van der Waals surface area contributed by atoms with E-state index in [0.717, 1.165) is 46.1 Å². The maximum atomic E-state index is 6.49. The molecule has 188 valence electrons. The summed E-state index contributed by atoms with van der Waals surface area (Å²) in [6.45, 7) is 6.33. The van der Waals surface area contributed by atoms with Crippen LogP contribution in [-0.4, -0.2) is 0 Å². The summed E-state index contributed by atoms with van der Waals surface area (Å²) in [4.78, 5) is 2.22. The smallest absolute Gasteiger partial charge is 0.172 e. The zero-order valence-electron chi connectivity index (χ0n) is 21.7. The van der Waals surface area contributed by atoms with Crippen molar-refractivity contribution in [1.29, 1.82) is 0 Å². The summed E-state index contributed by atoms with van der Waals surface area (Å²) in [5, 5.41) is 0. The van der Waals surface area contributed by atoms with E-state index in [1.165, 1.54) is 22.3 Å². The Morgan fingerprint density at radius 1 is 0.641 bits per heavy atom. The first-order valence-electron chi connectivity index (χ1n) is 13.2. The fourth-order valence-electron chi connectivity index (χ4n) is 5.59. The van der Waals surface area contributed by atoms with E-state index in [-0.39, 0.29) is 0 Å². The standard InChI is InChI=1S/C36H27NO2/c1-3-32(24(2)25-12-6-4-7-13-25)37(28-15-8-5-9-16-28)29-18-19-33-35(22-29)39-34-21-27-20-26-14-10-11-17-30(26)31(27)23-36(34)38-33/h3-19,21-23H,1,20H2,2H3/b32-24-. The van der Waals surface area contributed by atoms with Crippen LogP contribution < -0.4 is 14.4 Å². The highest BCUT2D eigenvalue weighted by Crippen LogP contribution is 2.51. The minimum absolute atomic E-state index is 0.692. The first kappa shape index (κ1) is 23.1. The van der Waals surface area contributed by atoms with Gasteiger partial charge in [0.2, 0.25) is 0 Å². The van der Waals surface area contributed by atoms with Gasteiger partial charge in [0.1, 0.15) is 0 Å². The van der Waals surface area contributed by atoms with Crippen molar-refractivity contribution in [1.82, 2.24) is 0 Å². The minimum Gasteiger partial charge on any atom is -0.449 e. The van der Waals surface area contributed by atoms with Gasteiger partial charge < -0.3 is 14.4 Å². The van der Waals surface area contributed by atoms with E-state index >= 15 is 0 Å². The summed E-state index contributed by atoms with van der Waals surface area (Å²) in [5.74, 6) is 2.89. The maximum Gasteiger partial charge on any atom is 0.172 e. The van der Waals surface area contributed by atoms with Crippen LogP contribution >= 0.6 is 0 Å². The zero-order valence-corrected chi connectivity index (χ0v) is 21.7. The highest BCUT2D eigenvalue weighted by Gasteiger charge is 2.27. The molecule has 0 fully saturated rings. The van der Waals surface area contributed by atoms with Gasteiger partial charge in [-0.2, -0.15) is 0 Å². The van der Waals surface area contributed by atoms with Gasteiger partial charge in [0, 0.05) is 17.5 Å². The Balaban J connectivity index is 1.30. The zero-order chi connectivity index (χ0) is 26.3. The highest BCUT2D eigenvalue weighted by atomic mass is 16.6. The lowest BCUT2D eigenvalue weighted by molar-refractivity contribution is 0.359. The normalized spacial score (nSPS) is 13.1. The van der Waals surface area contributed by atoms with Crippen molar-refractivity contribution in [3.05, 3.63) is 150 Å². The molecule has 0 spiro atoms. The molecular formula is C36H27NO2. The number of anilines is 2. The van der Waals surface area contributed by atoms with Gasteiger partial charge in [-0.25, -0.2) is 0 Å². The molecule has 2 aliphatic rings. The van der Waals surface area contributed by atoms with Crippen LogP contribution in [0.5, 0.6) is 23.0 Å². The summed E-state index contributed by atoms with van der Waals surface area (Å²) in [6, 6.07) is 39.7. The molecule has 0 radical (unpaired) electrons. The Kier molecular flexibility index (Phi) is 5.56. The van der Waals surface area contributed by atoms with Gasteiger partial charge >= 0.3 is 0 Å². The number of rotatable bonds is 5. The second kappa shape index (κ2) is 9.38. The van der Waals surface area contributed by atoms with E-state index in [1.54, 1.807) is 0 Å². The number of fused-ring (bicyclic) bond motifs is 5. The van der Waals surface area contributed by atoms with Crippen LogP contribution in [0.2, 0.25) is 0 Å². The van der Waals surface area contributed by atoms with Gasteiger partial charge in [-0.15, -0.1) is 0 Å². The van der Waals surface area contributed by atoms with E-state index in [1.807, 2.05) is 36.4 Å². The number of para-hydroxylation sites is 1. The van der Waals surface area contributed by atoms with Gasteiger partial charge in [0.15, 0.2) is 23.0 Å². The minimum atomic E-state index is 0.692. The van der Waals surface area contributed by atoms with Gasteiger partial charge in [-0.1, -0.05) is 79.4 Å². The van der Waals surface area contributed by atoms with Crippen LogP contribution in [-0.2, 0) is 6.42 Å². The fourth-order valence-corrected chi connectivity index (χ4v) is 5.59. The molecule has 3 heteroatoms. The van der Waals surface area contributed by atoms with Crippen LogP contribution in [0, 0.1) is 0 Å². The third kappa shape index (κ3) is 4.00. The van der Waals surface area contributed by atoms with Crippen molar-refractivity contribution < 1.29 is 9.47 Å². The molecule has 0 atom stereocenters. The second-order valence-electron chi connectivity index (χ2n) is 9.88. The monoisotopic (exact) mass is 505 g/mol. The molecule has 1 heterocycles. The summed E-state index contributed by atoms with van der Waals surface area (Å²) >= 11 is 0. The molecule has 5 aromatic carbocycles. The summed E-state index contributed by atoms with van der Waals surface area (Å²) in [7, 11) is 0. The lowest BCUT2D eigenvalue weighted by Gasteiger charge is -2.30. The SMILES string of the molecule is C=C/C(=C(\C)c1ccccc1)N(c1ccccc1)c1ccc2c(c1)Oc1cc3c(cc1O2)-c1ccccc1C3. The van der Waals surface area contributed by atoms with Crippen LogP contribution in [0.1, 0.15) is 23.6 Å². The predicted molar refractivity (Wildman–Crippen MR) is 159 cm³/mol. The van der Waals surface area contributed by atoms with E-state index in [2.05, 4.69) is 103 Å². The second-order valence-corrected chi connectivity index (χ2v) is 9.88. The number of hydrogen-bond acceptors (Lipinski definition) is 3. The van der Waals surface area contributed by atoms with Crippen molar-refractivity contribution in [2.75, 3.05) is 4.90 Å². The molecule has 0 unspecified atom stereocenters. The molecule has 3 nitrogen and oxygen atoms in total. The van der Waals surface area contributed by atoms with Crippen LogP contribution in [0.25, 0.3) is 16.7 Å². The quantitative estimate of drug-likeness (QED) is 0.217. The van der Waals surface area contributed by atoms with Gasteiger partial charge in [0.25, 0.3) is 0 Å². The van der Waals surface area contributed by atoms with Crippen molar-refractivity contribution in [2.24, 2.45) is 0 Å². The molecule has 7 rings (SSSR count).